The summed E-state index contributed by atoms with van der Waals surface area (Å²) in [5, 5.41) is 10.00. The molecular formula is C12H17NO2. The molecule has 0 amide bonds. The molecule has 1 N–H and O–H groups in total. The smallest absolute Gasteiger partial charge is 0.250 e. The van der Waals surface area contributed by atoms with Crippen molar-refractivity contribution in [2.24, 2.45) is 12.5 Å². The van der Waals surface area contributed by atoms with Crippen molar-refractivity contribution in [1.82, 2.24) is 4.57 Å². The number of hydrogen-bond donors (Lipinski definition) is 1. The van der Waals surface area contributed by atoms with Crippen molar-refractivity contribution in [2.45, 2.75) is 32.8 Å². The molecule has 1 aromatic rings. The number of aromatic nitrogens is 1. The largest absolute Gasteiger partial charge is 0.388 e. The van der Waals surface area contributed by atoms with Gasteiger partial charge in [0, 0.05) is 24.4 Å². The molecule has 0 saturated heterocycles. The molecular weight excluding hydrogens is 190 g/mol. The minimum Gasteiger partial charge on any atom is -0.388 e. The first-order valence-corrected chi connectivity index (χ1v) is 5.28. The zero-order chi connectivity index (χ0) is 11.2. The van der Waals surface area contributed by atoms with E-state index in [4.69, 9.17) is 0 Å². The van der Waals surface area contributed by atoms with Crippen molar-refractivity contribution in [3.63, 3.8) is 0 Å². The number of nitrogens with zero attached hydrogens (tertiary/aromatic N) is 1. The van der Waals surface area contributed by atoms with Gasteiger partial charge in [-0.25, -0.2) is 0 Å². The van der Waals surface area contributed by atoms with E-state index >= 15 is 0 Å². The zero-order valence-electron chi connectivity index (χ0n) is 9.45. The SMILES string of the molecule is Cn1c2c(ccc1=O)C(O)CC(C)(C)C2. The fraction of sp³-hybridized carbons (Fsp3) is 0.583. The maximum atomic E-state index is 11.5. The summed E-state index contributed by atoms with van der Waals surface area (Å²) in [7, 11) is 1.77. The number of aliphatic hydroxyl groups excluding tert-OH is 1. The Morgan fingerprint density at radius 2 is 2.13 bits per heavy atom. The maximum Gasteiger partial charge on any atom is 0.250 e. The molecule has 82 valence electrons. The topological polar surface area (TPSA) is 42.2 Å². The Kier molecular flexibility index (Phi) is 2.23. The van der Waals surface area contributed by atoms with Gasteiger partial charge in [-0.05, 0) is 24.3 Å². The van der Waals surface area contributed by atoms with Crippen LogP contribution in [-0.4, -0.2) is 9.67 Å². The fourth-order valence-corrected chi connectivity index (χ4v) is 2.38. The lowest BCUT2D eigenvalue weighted by molar-refractivity contribution is 0.0965. The van der Waals surface area contributed by atoms with Crippen LogP contribution >= 0.6 is 0 Å². The van der Waals surface area contributed by atoms with Crippen LogP contribution in [0.25, 0.3) is 0 Å². The number of rotatable bonds is 0. The van der Waals surface area contributed by atoms with Gasteiger partial charge in [0.05, 0.1) is 6.10 Å². The van der Waals surface area contributed by atoms with E-state index in [9.17, 15) is 9.90 Å². The maximum absolute atomic E-state index is 11.5. The molecule has 0 aliphatic heterocycles. The molecule has 1 atom stereocenters. The summed E-state index contributed by atoms with van der Waals surface area (Å²) < 4.78 is 1.65. The summed E-state index contributed by atoms with van der Waals surface area (Å²) in [4.78, 5) is 11.5. The average molecular weight is 207 g/mol. The third-order valence-electron chi connectivity index (χ3n) is 3.23. The van der Waals surface area contributed by atoms with Crippen LogP contribution in [0.15, 0.2) is 16.9 Å². The number of aliphatic hydroxyl groups is 1. The van der Waals surface area contributed by atoms with E-state index in [-0.39, 0.29) is 11.0 Å². The highest BCUT2D eigenvalue weighted by molar-refractivity contribution is 5.27. The highest BCUT2D eigenvalue weighted by Crippen LogP contribution is 2.39. The predicted octanol–water partition coefficient (Wildman–Crippen LogP) is 1.39. The van der Waals surface area contributed by atoms with Crippen LogP contribution < -0.4 is 5.56 Å². The molecule has 3 heteroatoms. The van der Waals surface area contributed by atoms with Crippen molar-refractivity contribution in [2.75, 3.05) is 0 Å². The molecule has 0 spiro atoms. The summed E-state index contributed by atoms with van der Waals surface area (Å²) >= 11 is 0. The summed E-state index contributed by atoms with van der Waals surface area (Å²) in [5.41, 5.74) is 1.96. The summed E-state index contributed by atoms with van der Waals surface area (Å²) in [5.74, 6) is 0. The summed E-state index contributed by atoms with van der Waals surface area (Å²) in [6.45, 7) is 4.24. The Balaban J connectivity index is 2.61. The van der Waals surface area contributed by atoms with E-state index in [1.807, 2.05) is 0 Å². The monoisotopic (exact) mass is 207 g/mol. The molecule has 1 aliphatic rings. The van der Waals surface area contributed by atoms with E-state index in [1.165, 1.54) is 6.07 Å². The van der Waals surface area contributed by atoms with E-state index in [1.54, 1.807) is 17.7 Å². The quantitative estimate of drug-likeness (QED) is 0.698. The Morgan fingerprint density at radius 1 is 1.47 bits per heavy atom. The molecule has 1 unspecified atom stereocenters. The Labute approximate surface area is 89.4 Å². The first-order valence-electron chi connectivity index (χ1n) is 5.28. The van der Waals surface area contributed by atoms with E-state index in [0.29, 0.717) is 0 Å². The number of pyridine rings is 1. The van der Waals surface area contributed by atoms with Crippen LogP contribution in [0.3, 0.4) is 0 Å². The molecule has 15 heavy (non-hydrogen) atoms. The molecule has 0 saturated carbocycles. The molecule has 1 aromatic heterocycles. The van der Waals surface area contributed by atoms with Gasteiger partial charge in [-0.2, -0.15) is 0 Å². The van der Waals surface area contributed by atoms with E-state index < -0.39 is 6.10 Å². The van der Waals surface area contributed by atoms with Crippen LogP contribution in [0.1, 0.15) is 37.6 Å². The summed E-state index contributed by atoms with van der Waals surface area (Å²) in [6.07, 6.45) is 1.18. The second-order valence-corrected chi connectivity index (χ2v) is 5.19. The van der Waals surface area contributed by atoms with Crippen LogP contribution in [0.2, 0.25) is 0 Å². The van der Waals surface area contributed by atoms with Crippen molar-refractivity contribution in [3.8, 4) is 0 Å². The van der Waals surface area contributed by atoms with Crippen molar-refractivity contribution in [1.29, 1.82) is 0 Å². The molecule has 0 fully saturated rings. The Hall–Kier alpha value is -1.09. The number of fused-ring (bicyclic) bond motifs is 1. The van der Waals surface area contributed by atoms with Crippen molar-refractivity contribution < 1.29 is 5.11 Å². The third kappa shape index (κ3) is 1.72. The Morgan fingerprint density at radius 3 is 2.80 bits per heavy atom. The van der Waals surface area contributed by atoms with E-state index in [0.717, 1.165) is 24.1 Å². The van der Waals surface area contributed by atoms with Crippen LogP contribution in [0, 0.1) is 5.41 Å². The minimum absolute atomic E-state index is 0.00125. The van der Waals surface area contributed by atoms with Gasteiger partial charge in [0.2, 0.25) is 5.56 Å². The highest BCUT2D eigenvalue weighted by atomic mass is 16.3. The van der Waals surface area contributed by atoms with Gasteiger partial charge in [-0.15, -0.1) is 0 Å². The fourth-order valence-electron chi connectivity index (χ4n) is 2.38. The second kappa shape index (κ2) is 3.20. The molecule has 0 bridgehead atoms. The van der Waals surface area contributed by atoms with Crippen molar-refractivity contribution >= 4 is 0 Å². The zero-order valence-corrected chi connectivity index (χ0v) is 9.45. The van der Waals surface area contributed by atoms with Crippen molar-refractivity contribution in [3.05, 3.63) is 33.7 Å². The molecule has 1 aliphatic carbocycles. The van der Waals surface area contributed by atoms with Gasteiger partial charge in [-0.1, -0.05) is 13.8 Å². The van der Waals surface area contributed by atoms with E-state index in [2.05, 4.69) is 13.8 Å². The van der Waals surface area contributed by atoms with Crippen LogP contribution in [0.4, 0.5) is 0 Å². The normalized spacial score (nSPS) is 23.6. The van der Waals surface area contributed by atoms with Gasteiger partial charge < -0.3 is 9.67 Å². The van der Waals surface area contributed by atoms with Gasteiger partial charge >= 0.3 is 0 Å². The predicted molar refractivity (Wildman–Crippen MR) is 58.7 cm³/mol. The summed E-state index contributed by atoms with van der Waals surface area (Å²) in [6, 6.07) is 3.29. The molecule has 3 nitrogen and oxygen atoms in total. The van der Waals surface area contributed by atoms with Gasteiger partial charge in [0.25, 0.3) is 0 Å². The van der Waals surface area contributed by atoms with Crippen LogP contribution in [0.5, 0.6) is 0 Å². The lowest BCUT2D eigenvalue weighted by Crippen LogP contribution is -2.32. The number of hydrogen-bond acceptors (Lipinski definition) is 2. The van der Waals surface area contributed by atoms with Gasteiger partial charge in [0.1, 0.15) is 0 Å². The lowest BCUT2D eigenvalue weighted by Gasteiger charge is -2.35. The second-order valence-electron chi connectivity index (χ2n) is 5.19. The van der Waals surface area contributed by atoms with Crippen LogP contribution in [-0.2, 0) is 13.5 Å². The molecule has 0 radical (unpaired) electrons. The van der Waals surface area contributed by atoms with Gasteiger partial charge in [0.15, 0.2) is 0 Å². The highest BCUT2D eigenvalue weighted by Gasteiger charge is 2.32. The average Bonchev–Trinajstić information content (AvgIpc) is 2.10. The molecule has 2 rings (SSSR count). The first kappa shape index (κ1) is 10.4. The lowest BCUT2D eigenvalue weighted by atomic mass is 9.75. The Bertz CT molecular complexity index is 445. The van der Waals surface area contributed by atoms with Gasteiger partial charge in [-0.3, -0.25) is 4.79 Å². The molecule has 1 heterocycles. The molecule has 0 aromatic carbocycles. The third-order valence-corrected chi connectivity index (χ3v) is 3.23. The minimum atomic E-state index is -0.435. The standard InChI is InChI=1S/C12H17NO2/c1-12(2)6-9-8(10(14)7-12)4-5-11(15)13(9)3/h4-5,10,14H,6-7H2,1-3H3. The first-order chi connectivity index (χ1) is 6.91.